The fourth-order valence-electron chi connectivity index (χ4n) is 3.86. The number of rotatable bonds is 6. The summed E-state index contributed by atoms with van der Waals surface area (Å²) in [4.78, 5) is 2.79. The van der Waals surface area contributed by atoms with Crippen LogP contribution in [-0.2, 0) is 0 Å². The first-order valence-electron chi connectivity index (χ1n) is 8.20. The minimum Gasteiger partial charge on any atom is -0.300 e. The molecular weight excluding hydrogens is 286 g/mol. The number of halogens is 1. The summed E-state index contributed by atoms with van der Waals surface area (Å²) in [6.07, 6.45) is 16.3. The van der Waals surface area contributed by atoms with E-state index in [1.165, 1.54) is 83.7 Å². The molecule has 2 aliphatic carbocycles. The van der Waals surface area contributed by atoms with E-state index >= 15 is 0 Å². The highest BCUT2D eigenvalue weighted by atomic mass is 79.9. The zero-order chi connectivity index (χ0) is 12.6. The van der Waals surface area contributed by atoms with Gasteiger partial charge in [0.1, 0.15) is 0 Å². The molecule has 2 saturated carbocycles. The van der Waals surface area contributed by atoms with Gasteiger partial charge in [0.05, 0.1) is 0 Å². The fraction of sp³-hybridized carbons (Fsp3) is 1.00. The van der Waals surface area contributed by atoms with Crippen LogP contribution >= 0.6 is 15.9 Å². The van der Waals surface area contributed by atoms with Crippen molar-refractivity contribution in [2.24, 2.45) is 5.92 Å². The van der Waals surface area contributed by atoms with Crippen LogP contribution in [0.3, 0.4) is 0 Å². The molecule has 0 unspecified atom stereocenters. The van der Waals surface area contributed by atoms with E-state index in [0.29, 0.717) is 0 Å². The van der Waals surface area contributed by atoms with Crippen LogP contribution in [0.25, 0.3) is 0 Å². The van der Waals surface area contributed by atoms with Crippen molar-refractivity contribution in [1.29, 1.82) is 0 Å². The van der Waals surface area contributed by atoms with Gasteiger partial charge < -0.3 is 0 Å². The molecule has 2 heteroatoms. The van der Waals surface area contributed by atoms with Crippen molar-refractivity contribution in [2.45, 2.75) is 76.7 Å². The molecule has 1 nitrogen and oxygen atoms in total. The molecule has 2 rings (SSSR count). The van der Waals surface area contributed by atoms with Crippen molar-refractivity contribution in [1.82, 2.24) is 4.90 Å². The third kappa shape index (κ3) is 4.85. The Morgan fingerprint density at radius 3 is 2.00 bits per heavy atom. The second-order valence-corrected chi connectivity index (χ2v) is 7.10. The number of alkyl halides is 1. The lowest BCUT2D eigenvalue weighted by Crippen LogP contribution is -2.39. The molecule has 0 atom stereocenters. The van der Waals surface area contributed by atoms with Gasteiger partial charge in [-0.05, 0) is 31.7 Å². The standard InChI is InChI=1S/C16H30BrN/c17-12-14-18(16-9-5-2-6-10-16)13-11-15-7-3-1-4-8-15/h15-16H,1-14H2. The highest BCUT2D eigenvalue weighted by Gasteiger charge is 2.22. The predicted molar refractivity (Wildman–Crippen MR) is 83.4 cm³/mol. The minimum absolute atomic E-state index is 0.903. The van der Waals surface area contributed by atoms with Gasteiger partial charge in [0.25, 0.3) is 0 Å². The van der Waals surface area contributed by atoms with Gasteiger partial charge in [0.2, 0.25) is 0 Å². The molecule has 0 spiro atoms. The Balaban J connectivity index is 1.73. The fourth-order valence-corrected chi connectivity index (χ4v) is 4.31. The second kappa shape index (κ2) is 8.58. The van der Waals surface area contributed by atoms with Gasteiger partial charge in [-0.2, -0.15) is 0 Å². The van der Waals surface area contributed by atoms with E-state index in [1.807, 2.05) is 0 Å². The Bertz CT molecular complexity index is 207. The SMILES string of the molecule is BrCCN(CCC1CCCCC1)C1CCCCC1. The smallest absolute Gasteiger partial charge is 0.0159 e. The van der Waals surface area contributed by atoms with Crippen molar-refractivity contribution in [3.8, 4) is 0 Å². The predicted octanol–water partition coefficient (Wildman–Crippen LogP) is 4.99. The Kier molecular flexibility index (Phi) is 7.07. The molecule has 0 aromatic rings. The second-order valence-electron chi connectivity index (χ2n) is 6.31. The molecule has 0 bridgehead atoms. The third-order valence-corrected chi connectivity index (χ3v) is 5.37. The molecule has 0 aliphatic heterocycles. The summed E-state index contributed by atoms with van der Waals surface area (Å²) >= 11 is 3.64. The Hall–Kier alpha value is 0.440. The maximum atomic E-state index is 3.64. The quantitative estimate of drug-likeness (QED) is 0.624. The third-order valence-electron chi connectivity index (χ3n) is 5.01. The summed E-state index contributed by atoms with van der Waals surface area (Å²) in [5.74, 6) is 1.04. The number of nitrogens with zero attached hydrogens (tertiary/aromatic N) is 1. The zero-order valence-corrected chi connectivity index (χ0v) is 13.5. The van der Waals surface area contributed by atoms with E-state index in [1.54, 1.807) is 0 Å². The zero-order valence-electron chi connectivity index (χ0n) is 11.9. The van der Waals surface area contributed by atoms with Crippen LogP contribution in [0.15, 0.2) is 0 Å². The summed E-state index contributed by atoms with van der Waals surface area (Å²) in [5.41, 5.74) is 0. The van der Waals surface area contributed by atoms with Crippen molar-refractivity contribution in [2.75, 3.05) is 18.4 Å². The first kappa shape index (κ1) is 14.8. The van der Waals surface area contributed by atoms with Gasteiger partial charge in [-0.25, -0.2) is 0 Å². The maximum absolute atomic E-state index is 3.64. The van der Waals surface area contributed by atoms with E-state index in [2.05, 4.69) is 20.8 Å². The monoisotopic (exact) mass is 315 g/mol. The van der Waals surface area contributed by atoms with Gasteiger partial charge in [-0.1, -0.05) is 67.3 Å². The molecule has 2 fully saturated rings. The van der Waals surface area contributed by atoms with E-state index in [9.17, 15) is 0 Å². The average molecular weight is 316 g/mol. The van der Waals surface area contributed by atoms with Gasteiger partial charge in [0.15, 0.2) is 0 Å². The van der Waals surface area contributed by atoms with Crippen LogP contribution in [0.2, 0.25) is 0 Å². The lowest BCUT2D eigenvalue weighted by atomic mass is 9.86. The summed E-state index contributed by atoms with van der Waals surface area (Å²) < 4.78 is 0. The largest absolute Gasteiger partial charge is 0.300 e. The minimum atomic E-state index is 0.903. The Morgan fingerprint density at radius 1 is 0.778 bits per heavy atom. The highest BCUT2D eigenvalue weighted by molar-refractivity contribution is 9.09. The highest BCUT2D eigenvalue weighted by Crippen LogP contribution is 2.28. The van der Waals surface area contributed by atoms with Crippen LogP contribution in [-0.4, -0.2) is 29.4 Å². The molecule has 2 aliphatic rings. The maximum Gasteiger partial charge on any atom is 0.0159 e. The van der Waals surface area contributed by atoms with Gasteiger partial charge in [-0.15, -0.1) is 0 Å². The van der Waals surface area contributed by atoms with E-state index in [4.69, 9.17) is 0 Å². The van der Waals surface area contributed by atoms with Crippen LogP contribution in [0.1, 0.15) is 70.6 Å². The van der Waals surface area contributed by atoms with Crippen molar-refractivity contribution < 1.29 is 0 Å². The molecule has 0 amide bonds. The van der Waals surface area contributed by atoms with Crippen LogP contribution in [0.5, 0.6) is 0 Å². The Labute approximate surface area is 122 Å². The first-order chi connectivity index (χ1) is 8.90. The molecule has 0 N–H and O–H groups in total. The van der Waals surface area contributed by atoms with Crippen molar-refractivity contribution in [3.05, 3.63) is 0 Å². The normalized spacial score (nSPS) is 23.7. The van der Waals surface area contributed by atoms with Crippen LogP contribution in [0, 0.1) is 5.92 Å². The number of hydrogen-bond donors (Lipinski definition) is 0. The van der Waals surface area contributed by atoms with Crippen molar-refractivity contribution >= 4 is 15.9 Å². The van der Waals surface area contributed by atoms with Gasteiger partial charge in [-0.3, -0.25) is 4.90 Å². The lowest BCUT2D eigenvalue weighted by molar-refractivity contribution is 0.149. The Morgan fingerprint density at radius 2 is 1.39 bits per heavy atom. The molecule has 0 heterocycles. The summed E-state index contributed by atoms with van der Waals surface area (Å²) in [7, 11) is 0. The molecular formula is C16H30BrN. The van der Waals surface area contributed by atoms with Crippen LogP contribution < -0.4 is 0 Å². The summed E-state index contributed by atoms with van der Waals surface area (Å²) in [5, 5.41) is 1.15. The molecule has 0 saturated heterocycles. The first-order valence-corrected chi connectivity index (χ1v) is 9.32. The molecule has 0 radical (unpaired) electrons. The van der Waals surface area contributed by atoms with E-state index in [0.717, 1.165) is 17.3 Å². The van der Waals surface area contributed by atoms with Crippen molar-refractivity contribution in [3.63, 3.8) is 0 Å². The van der Waals surface area contributed by atoms with E-state index in [-0.39, 0.29) is 0 Å². The summed E-state index contributed by atoms with van der Waals surface area (Å²) in [6.45, 7) is 2.62. The van der Waals surface area contributed by atoms with E-state index < -0.39 is 0 Å². The molecule has 18 heavy (non-hydrogen) atoms. The lowest BCUT2D eigenvalue weighted by Gasteiger charge is -2.35. The molecule has 0 aromatic carbocycles. The van der Waals surface area contributed by atoms with Gasteiger partial charge >= 0.3 is 0 Å². The summed E-state index contributed by atoms with van der Waals surface area (Å²) in [6, 6.07) is 0.903. The average Bonchev–Trinajstić information content (AvgIpc) is 2.45. The molecule has 106 valence electrons. The number of hydrogen-bond acceptors (Lipinski definition) is 1. The molecule has 0 aromatic heterocycles. The van der Waals surface area contributed by atoms with Crippen LogP contribution in [0.4, 0.5) is 0 Å². The topological polar surface area (TPSA) is 3.24 Å². The van der Waals surface area contributed by atoms with Gasteiger partial charge in [0, 0.05) is 17.9 Å².